The molecule has 2 aromatic heterocycles. The first kappa shape index (κ1) is 14.1. The van der Waals surface area contributed by atoms with E-state index in [-0.39, 0.29) is 10.5 Å². The molecule has 0 aliphatic heterocycles. The van der Waals surface area contributed by atoms with Crippen molar-refractivity contribution in [2.75, 3.05) is 4.72 Å². The van der Waals surface area contributed by atoms with Crippen LogP contribution in [0.4, 0.5) is 5.69 Å². The fourth-order valence-corrected chi connectivity index (χ4v) is 3.04. The Morgan fingerprint density at radius 2 is 1.91 bits per heavy atom. The molecule has 0 fully saturated rings. The average Bonchev–Trinajstić information content (AvgIpc) is 2.94. The zero-order valence-electron chi connectivity index (χ0n) is 11.3. The summed E-state index contributed by atoms with van der Waals surface area (Å²) in [6.07, 6.45) is 3.15. The van der Waals surface area contributed by atoms with E-state index in [1.807, 2.05) is 0 Å². The Bertz CT molecular complexity index is 946. The largest absolute Gasteiger partial charge is 0.366 e. The summed E-state index contributed by atoms with van der Waals surface area (Å²) in [5, 5.41) is 0.796. The number of hydrogen-bond donors (Lipinski definition) is 3. The normalized spacial score (nSPS) is 11.5. The maximum Gasteiger partial charge on any atom is 0.261 e. The van der Waals surface area contributed by atoms with Crippen LogP contribution in [0.15, 0.2) is 53.7 Å². The monoisotopic (exact) mass is 316 g/mol. The highest BCUT2D eigenvalue weighted by atomic mass is 32.2. The number of primary amides is 1. The molecule has 4 N–H and O–H groups in total. The zero-order chi connectivity index (χ0) is 15.7. The third-order valence-corrected chi connectivity index (χ3v) is 4.50. The van der Waals surface area contributed by atoms with Crippen molar-refractivity contribution in [3.8, 4) is 0 Å². The third kappa shape index (κ3) is 2.63. The van der Waals surface area contributed by atoms with Crippen molar-refractivity contribution < 1.29 is 13.2 Å². The number of benzene rings is 1. The molecule has 1 aromatic carbocycles. The molecule has 0 saturated heterocycles. The number of carbonyl (C=O) groups excluding carboxylic acids is 1. The number of nitrogens with two attached hydrogens (primary N) is 1. The van der Waals surface area contributed by atoms with Gasteiger partial charge in [0, 0.05) is 17.1 Å². The summed E-state index contributed by atoms with van der Waals surface area (Å²) in [4.78, 5) is 18.1. The van der Waals surface area contributed by atoms with Crippen molar-refractivity contribution in [3.63, 3.8) is 0 Å². The van der Waals surface area contributed by atoms with E-state index in [0.29, 0.717) is 11.3 Å². The molecule has 0 aliphatic rings. The number of anilines is 1. The predicted molar refractivity (Wildman–Crippen MR) is 81.9 cm³/mol. The molecule has 2 heterocycles. The van der Waals surface area contributed by atoms with Crippen LogP contribution in [-0.4, -0.2) is 24.3 Å². The molecule has 0 atom stereocenters. The molecule has 22 heavy (non-hydrogen) atoms. The number of hydrogen-bond acceptors (Lipinski definition) is 4. The second-order valence-electron chi connectivity index (χ2n) is 4.63. The first-order chi connectivity index (χ1) is 10.5. The minimum absolute atomic E-state index is 0.0339. The Morgan fingerprint density at radius 3 is 2.59 bits per heavy atom. The topological polar surface area (TPSA) is 118 Å². The lowest BCUT2D eigenvalue weighted by Gasteiger charge is -2.08. The highest BCUT2D eigenvalue weighted by Crippen LogP contribution is 2.19. The van der Waals surface area contributed by atoms with Crippen molar-refractivity contribution in [1.82, 2.24) is 9.97 Å². The van der Waals surface area contributed by atoms with Crippen molar-refractivity contribution in [2.24, 2.45) is 5.73 Å². The van der Waals surface area contributed by atoms with Gasteiger partial charge in [0.1, 0.15) is 5.65 Å². The van der Waals surface area contributed by atoms with Gasteiger partial charge in [0.25, 0.3) is 10.0 Å². The lowest BCUT2D eigenvalue weighted by atomic mass is 10.2. The molecular weight excluding hydrogens is 304 g/mol. The second-order valence-corrected chi connectivity index (χ2v) is 6.32. The lowest BCUT2D eigenvalue weighted by Crippen LogP contribution is -2.14. The standard InChI is InChI=1S/C14H12N4O3S/c15-13(19)9-1-3-12(4-2-9)22(20,21)18-11-7-10-5-6-16-14(10)17-8-11/h1-8,18H,(H2,15,19)(H,16,17). The van der Waals surface area contributed by atoms with Crippen LogP contribution in [0, 0.1) is 0 Å². The van der Waals surface area contributed by atoms with Gasteiger partial charge in [-0.15, -0.1) is 0 Å². The van der Waals surface area contributed by atoms with E-state index in [2.05, 4.69) is 14.7 Å². The van der Waals surface area contributed by atoms with Crippen LogP contribution < -0.4 is 10.5 Å². The zero-order valence-corrected chi connectivity index (χ0v) is 12.1. The SMILES string of the molecule is NC(=O)c1ccc(S(=O)(=O)Nc2cnc3[nH]ccc3c2)cc1. The number of aromatic amines is 1. The smallest absolute Gasteiger partial charge is 0.261 e. The Labute approximate surface area is 126 Å². The van der Waals surface area contributed by atoms with Crippen molar-refractivity contribution in [1.29, 1.82) is 0 Å². The molecule has 0 aliphatic carbocycles. The Balaban J connectivity index is 1.90. The molecule has 3 rings (SSSR count). The van der Waals surface area contributed by atoms with E-state index in [1.54, 1.807) is 18.3 Å². The number of amides is 1. The van der Waals surface area contributed by atoms with E-state index in [4.69, 9.17) is 5.73 Å². The van der Waals surface area contributed by atoms with Crippen LogP contribution in [0.1, 0.15) is 10.4 Å². The molecular formula is C14H12N4O3S. The molecule has 0 saturated carbocycles. The van der Waals surface area contributed by atoms with Gasteiger partial charge in [-0.2, -0.15) is 0 Å². The minimum atomic E-state index is -3.76. The summed E-state index contributed by atoms with van der Waals surface area (Å²) in [6.45, 7) is 0. The molecule has 8 heteroatoms. The van der Waals surface area contributed by atoms with E-state index < -0.39 is 15.9 Å². The highest BCUT2D eigenvalue weighted by molar-refractivity contribution is 7.92. The molecule has 0 bridgehead atoms. The van der Waals surface area contributed by atoms with Crippen molar-refractivity contribution in [3.05, 3.63) is 54.4 Å². The van der Waals surface area contributed by atoms with Crippen LogP contribution >= 0.6 is 0 Å². The number of rotatable bonds is 4. The van der Waals surface area contributed by atoms with Crippen LogP contribution in [0.25, 0.3) is 11.0 Å². The maximum atomic E-state index is 12.3. The summed E-state index contributed by atoms with van der Waals surface area (Å²) < 4.78 is 27.0. The number of sulfonamides is 1. The first-order valence-corrected chi connectivity index (χ1v) is 7.80. The van der Waals surface area contributed by atoms with Crippen LogP contribution in [0.3, 0.4) is 0 Å². The molecule has 112 valence electrons. The summed E-state index contributed by atoms with van der Waals surface area (Å²) in [5.74, 6) is -0.612. The minimum Gasteiger partial charge on any atom is -0.366 e. The quantitative estimate of drug-likeness (QED) is 0.675. The Kier molecular flexibility index (Phi) is 3.30. The van der Waals surface area contributed by atoms with Crippen molar-refractivity contribution >= 4 is 32.7 Å². The highest BCUT2D eigenvalue weighted by Gasteiger charge is 2.15. The molecule has 0 radical (unpaired) electrons. The number of H-pyrrole nitrogens is 1. The number of nitrogens with zero attached hydrogens (tertiary/aromatic N) is 1. The fourth-order valence-electron chi connectivity index (χ4n) is 2.01. The summed E-state index contributed by atoms with van der Waals surface area (Å²) >= 11 is 0. The Hall–Kier alpha value is -2.87. The Morgan fingerprint density at radius 1 is 1.18 bits per heavy atom. The lowest BCUT2D eigenvalue weighted by molar-refractivity contribution is 0.1000. The first-order valence-electron chi connectivity index (χ1n) is 6.31. The van der Waals surface area contributed by atoms with E-state index in [0.717, 1.165) is 5.39 Å². The molecule has 1 amide bonds. The summed E-state index contributed by atoms with van der Waals surface area (Å²) in [6, 6.07) is 8.85. The number of aromatic nitrogens is 2. The van der Waals surface area contributed by atoms with Crippen LogP contribution in [0.2, 0.25) is 0 Å². The van der Waals surface area contributed by atoms with E-state index >= 15 is 0 Å². The van der Waals surface area contributed by atoms with Gasteiger partial charge in [0.15, 0.2) is 0 Å². The van der Waals surface area contributed by atoms with Gasteiger partial charge in [0.05, 0.1) is 16.8 Å². The molecule has 7 nitrogen and oxygen atoms in total. The van der Waals surface area contributed by atoms with Gasteiger partial charge in [-0.05, 0) is 36.4 Å². The van der Waals surface area contributed by atoms with Gasteiger partial charge in [-0.25, -0.2) is 13.4 Å². The molecule has 3 aromatic rings. The van der Waals surface area contributed by atoms with E-state index in [1.165, 1.54) is 30.5 Å². The van der Waals surface area contributed by atoms with Gasteiger partial charge >= 0.3 is 0 Å². The van der Waals surface area contributed by atoms with Crippen molar-refractivity contribution in [2.45, 2.75) is 4.90 Å². The maximum absolute atomic E-state index is 12.3. The number of fused-ring (bicyclic) bond motifs is 1. The third-order valence-electron chi connectivity index (χ3n) is 3.10. The molecule has 0 spiro atoms. The average molecular weight is 316 g/mol. The van der Waals surface area contributed by atoms with Gasteiger partial charge in [-0.3, -0.25) is 9.52 Å². The fraction of sp³-hybridized carbons (Fsp3) is 0. The van der Waals surface area contributed by atoms with Gasteiger partial charge < -0.3 is 10.7 Å². The summed E-state index contributed by atoms with van der Waals surface area (Å²) in [7, 11) is -3.76. The predicted octanol–water partition coefficient (Wildman–Crippen LogP) is 1.46. The van der Waals surface area contributed by atoms with Gasteiger partial charge in [-0.1, -0.05) is 0 Å². The van der Waals surface area contributed by atoms with Gasteiger partial charge in [0.2, 0.25) is 5.91 Å². The summed E-state index contributed by atoms with van der Waals surface area (Å²) in [5.41, 5.74) is 6.40. The van der Waals surface area contributed by atoms with Crippen LogP contribution in [0.5, 0.6) is 0 Å². The molecule has 0 unspecified atom stereocenters. The number of nitrogens with one attached hydrogen (secondary N) is 2. The number of pyridine rings is 1. The van der Waals surface area contributed by atoms with Crippen LogP contribution in [-0.2, 0) is 10.0 Å². The van der Waals surface area contributed by atoms with E-state index in [9.17, 15) is 13.2 Å². The second kappa shape index (κ2) is 5.15. The number of carbonyl (C=O) groups is 1.